The largest absolute Gasteiger partial charge is 0.312 e. The van der Waals surface area contributed by atoms with Crippen LogP contribution in [0.15, 0.2) is 40.2 Å². The van der Waals surface area contributed by atoms with Gasteiger partial charge in [0.25, 0.3) is 0 Å². The lowest BCUT2D eigenvalue weighted by molar-refractivity contribution is 0.102. The summed E-state index contributed by atoms with van der Waals surface area (Å²) in [6.45, 7) is 0. The summed E-state index contributed by atoms with van der Waals surface area (Å²) in [6.07, 6.45) is 1.62. The number of rotatable bonds is 4. The number of thioether (sulfide) groups is 1. The molecule has 17 heavy (non-hydrogen) atoms. The molecular weight excluding hydrogens is 302 g/mol. The number of hydrogen-bond donors (Lipinski definition) is 0. The van der Waals surface area contributed by atoms with E-state index in [1.54, 1.807) is 10.9 Å². The molecule has 0 atom stereocenters. The molecule has 0 aliphatic carbocycles. The van der Waals surface area contributed by atoms with Crippen LogP contribution in [0.25, 0.3) is 0 Å². The van der Waals surface area contributed by atoms with Gasteiger partial charge in [0.1, 0.15) is 6.33 Å². The van der Waals surface area contributed by atoms with Gasteiger partial charge in [-0.2, -0.15) is 0 Å². The molecular formula is C11H10BrN3OS. The fourth-order valence-electron chi connectivity index (χ4n) is 1.25. The fraction of sp³-hybridized carbons (Fsp3) is 0.182. The van der Waals surface area contributed by atoms with Crippen molar-refractivity contribution < 1.29 is 4.79 Å². The number of benzene rings is 1. The molecule has 0 radical (unpaired) electrons. The zero-order chi connectivity index (χ0) is 12.3. The van der Waals surface area contributed by atoms with Crippen LogP contribution in [0.4, 0.5) is 0 Å². The molecule has 0 spiro atoms. The summed E-state index contributed by atoms with van der Waals surface area (Å²) in [5.74, 6) is 0.458. The van der Waals surface area contributed by atoms with E-state index in [1.807, 2.05) is 31.3 Å². The Morgan fingerprint density at radius 3 is 2.71 bits per heavy atom. The Morgan fingerprint density at radius 1 is 1.41 bits per heavy atom. The van der Waals surface area contributed by atoms with Crippen molar-refractivity contribution >= 4 is 33.5 Å². The highest BCUT2D eigenvalue weighted by atomic mass is 79.9. The minimum Gasteiger partial charge on any atom is -0.312 e. The second-order valence-corrected chi connectivity index (χ2v) is 5.30. The molecule has 0 fully saturated rings. The van der Waals surface area contributed by atoms with Gasteiger partial charge < -0.3 is 4.57 Å². The van der Waals surface area contributed by atoms with Crippen LogP contribution in [0, 0.1) is 0 Å². The number of aromatic nitrogens is 3. The Bertz CT molecular complexity index is 524. The second kappa shape index (κ2) is 5.46. The Morgan fingerprint density at radius 2 is 2.12 bits per heavy atom. The number of nitrogens with zero attached hydrogens (tertiary/aromatic N) is 3. The van der Waals surface area contributed by atoms with Crippen molar-refractivity contribution in [1.82, 2.24) is 14.8 Å². The molecule has 0 bridgehead atoms. The normalized spacial score (nSPS) is 10.5. The Balaban J connectivity index is 1.98. The second-order valence-electron chi connectivity index (χ2n) is 3.44. The van der Waals surface area contributed by atoms with E-state index in [2.05, 4.69) is 26.1 Å². The van der Waals surface area contributed by atoms with Crippen molar-refractivity contribution in [2.45, 2.75) is 5.16 Å². The van der Waals surface area contributed by atoms with Crippen molar-refractivity contribution in [2.75, 3.05) is 5.75 Å². The van der Waals surface area contributed by atoms with E-state index in [-0.39, 0.29) is 5.78 Å². The van der Waals surface area contributed by atoms with Crippen LogP contribution >= 0.6 is 27.7 Å². The summed E-state index contributed by atoms with van der Waals surface area (Å²) in [6, 6.07) is 7.34. The smallest absolute Gasteiger partial charge is 0.191 e. The van der Waals surface area contributed by atoms with Crippen LogP contribution in [0.3, 0.4) is 0 Å². The van der Waals surface area contributed by atoms with Crippen LogP contribution in [-0.4, -0.2) is 26.3 Å². The van der Waals surface area contributed by atoms with Gasteiger partial charge in [0.2, 0.25) is 0 Å². The Hall–Kier alpha value is -1.14. The van der Waals surface area contributed by atoms with E-state index in [0.717, 1.165) is 9.63 Å². The molecule has 6 heteroatoms. The van der Waals surface area contributed by atoms with E-state index in [0.29, 0.717) is 11.3 Å². The van der Waals surface area contributed by atoms with Gasteiger partial charge in [-0.15, -0.1) is 10.2 Å². The summed E-state index contributed by atoms with van der Waals surface area (Å²) in [4.78, 5) is 11.9. The topological polar surface area (TPSA) is 47.8 Å². The van der Waals surface area contributed by atoms with E-state index < -0.39 is 0 Å². The van der Waals surface area contributed by atoms with E-state index in [4.69, 9.17) is 0 Å². The molecule has 2 aromatic rings. The highest BCUT2D eigenvalue weighted by Crippen LogP contribution is 2.17. The Labute approximate surface area is 112 Å². The number of halogens is 1. The third kappa shape index (κ3) is 3.17. The first kappa shape index (κ1) is 12.3. The average Bonchev–Trinajstić information content (AvgIpc) is 2.73. The number of hydrogen-bond acceptors (Lipinski definition) is 4. The number of carbonyl (C=O) groups excluding carboxylic acids is 1. The van der Waals surface area contributed by atoms with Gasteiger partial charge >= 0.3 is 0 Å². The van der Waals surface area contributed by atoms with Gasteiger partial charge in [0, 0.05) is 17.1 Å². The summed E-state index contributed by atoms with van der Waals surface area (Å²) < 4.78 is 2.76. The fourth-order valence-corrected chi connectivity index (χ4v) is 2.30. The van der Waals surface area contributed by atoms with Crippen molar-refractivity contribution in [1.29, 1.82) is 0 Å². The van der Waals surface area contributed by atoms with Crippen LogP contribution in [0.1, 0.15) is 10.4 Å². The summed E-state index contributed by atoms with van der Waals surface area (Å²) in [7, 11) is 1.85. The van der Waals surface area contributed by atoms with Crippen molar-refractivity contribution in [3.8, 4) is 0 Å². The quantitative estimate of drug-likeness (QED) is 0.643. The Kier molecular flexibility index (Phi) is 3.96. The maximum Gasteiger partial charge on any atom is 0.191 e. The molecule has 1 heterocycles. The summed E-state index contributed by atoms with van der Waals surface area (Å²) in [5.41, 5.74) is 0.711. The van der Waals surface area contributed by atoms with Gasteiger partial charge in [-0.1, -0.05) is 39.8 Å². The lowest BCUT2D eigenvalue weighted by Crippen LogP contribution is -2.03. The zero-order valence-electron chi connectivity index (χ0n) is 9.13. The average molecular weight is 312 g/mol. The molecule has 1 aromatic heterocycles. The summed E-state index contributed by atoms with van der Waals surface area (Å²) in [5, 5.41) is 8.42. The lowest BCUT2D eigenvalue weighted by Gasteiger charge is -2.01. The molecule has 2 rings (SSSR count). The number of Topliss-reactive ketones (excluding diaryl/α,β-unsaturated/α-hetero) is 1. The number of aryl methyl sites for hydroxylation is 1. The molecule has 0 amide bonds. The van der Waals surface area contributed by atoms with Gasteiger partial charge in [0.15, 0.2) is 10.9 Å². The molecule has 0 aliphatic rings. The maximum atomic E-state index is 11.9. The van der Waals surface area contributed by atoms with Crippen molar-refractivity contribution in [3.63, 3.8) is 0 Å². The molecule has 0 saturated carbocycles. The third-order valence-corrected chi connectivity index (χ3v) is 3.73. The standard InChI is InChI=1S/C11H10BrN3OS/c1-15-7-13-14-11(15)17-6-10(16)8-2-4-9(12)5-3-8/h2-5,7H,6H2,1H3. The van der Waals surface area contributed by atoms with Gasteiger partial charge in [-0.05, 0) is 12.1 Å². The van der Waals surface area contributed by atoms with E-state index in [1.165, 1.54) is 11.8 Å². The predicted molar refractivity (Wildman–Crippen MR) is 70.2 cm³/mol. The number of ketones is 1. The van der Waals surface area contributed by atoms with Crippen LogP contribution in [0.2, 0.25) is 0 Å². The molecule has 0 aliphatic heterocycles. The monoisotopic (exact) mass is 311 g/mol. The van der Waals surface area contributed by atoms with Crippen LogP contribution < -0.4 is 0 Å². The zero-order valence-corrected chi connectivity index (χ0v) is 11.5. The first-order valence-electron chi connectivity index (χ1n) is 4.92. The van der Waals surface area contributed by atoms with Crippen LogP contribution in [0.5, 0.6) is 0 Å². The third-order valence-electron chi connectivity index (χ3n) is 2.17. The van der Waals surface area contributed by atoms with Gasteiger partial charge in [0.05, 0.1) is 5.75 Å². The van der Waals surface area contributed by atoms with Crippen molar-refractivity contribution in [2.24, 2.45) is 7.05 Å². The molecule has 0 unspecified atom stereocenters. The maximum absolute atomic E-state index is 11.9. The SMILES string of the molecule is Cn1cnnc1SCC(=O)c1ccc(Br)cc1. The first-order valence-corrected chi connectivity index (χ1v) is 6.70. The van der Waals surface area contributed by atoms with E-state index in [9.17, 15) is 4.79 Å². The molecule has 4 nitrogen and oxygen atoms in total. The van der Waals surface area contributed by atoms with Gasteiger partial charge in [-0.25, -0.2) is 0 Å². The predicted octanol–water partition coefficient (Wildman–Crippen LogP) is 2.55. The first-order chi connectivity index (χ1) is 8.16. The molecule has 0 N–H and O–H groups in total. The molecule has 0 saturated heterocycles. The summed E-state index contributed by atoms with van der Waals surface area (Å²) >= 11 is 4.73. The van der Waals surface area contributed by atoms with Gasteiger partial charge in [-0.3, -0.25) is 4.79 Å². The minimum absolute atomic E-state index is 0.0884. The molecule has 1 aromatic carbocycles. The highest BCUT2D eigenvalue weighted by Gasteiger charge is 2.08. The van der Waals surface area contributed by atoms with Crippen LogP contribution in [-0.2, 0) is 7.05 Å². The highest BCUT2D eigenvalue weighted by molar-refractivity contribution is 9.10. The molecule has 88 valence electrons. The minimum atomic E-state index is 0.0884. The number of carbonyl (C=O) groups is 1. The van der Waals surface area contributed by atoms with E-state index >= 15 is 0 Å². The van der Waals surface area contributed by atoms with Crippen molar-refractivity contribution in [3.05, 3.63) is 40.6 Å². The lowest BCUT2D eigenvalue weighted by atomic mass is 10.2.